The molecule has 54 valence electrons. The lowest BCUT2D eigenvalue weighted by molar-refractivity contribution is -0.268. The standard InChI is InChI=1S/C6H13NO2/c1-6(2,3)7(4)5(8)9/h1-4H3,(H,8,9)/p-1. The summed E-state index contributed by atoms with van der Waals surface area (Å²) in [4.78, 5) is 11.3. The first kappa shape index (κ1) is 8.27. The molecule has 3 nitrogen and oxygen atoms in total. The van der Waals surface area contributed by atoms with Crippen LogP contribution < -0.4 is 5.11 Å². The van der Waals surface area contributed by atoms with Crippen molar-refractivity contribution in [1.29, 1.82) is 0 Å². The van der Waals surface area contributed by atoms with Crippen LogP contribution in [0.5, 0.6) is 0 Å². The fourth-order valence-electron chi connectivity index (χ4n) is 0.274. The molecular formula is C6H12NO2-. The molecule has 0 aliphatic rings. The Morgan fingerprint density at radius 2 is 1.78 bits per heavy atom. The van der Waals surface area contributed by atoms with Crippen LogP contribution in [-0.2, 0) is 0 Å². The Kier molecular flexibility index (Phi) is 2.07. The smallest absolute Gasteiger partial charge is 0.137 e. The molecule has 0 aromatic rings. The Bertz CT molecular complexity index is 115. The fraction of sp³-hybridized carbons (Fsp3) is 0.833. The second kappa shape index (κ2) is 2.25. The van der Waals surface area contributed by atoms with Crippen LogP contribution in [0.3, 0.4) is 0 Å². The Balaban J connectivity index is 4.04. The van der Waals surface area contributed by atoms with Crippen molar-refractivity contribution in [3.8, 4) is 0 Å². The molecule has 0 heterocycles. The molecule has 0 rings (SSSR count). The maximum absolute atomic E-state index is 10.2. The summed E-state index contributed by atoms with van der Waals surface area (Å²) in [5.74, 6) is 0. The molecule has 0 saturated carbocycles. The van der Waals surface area contributed by atoms with Crippen LogP contribution in [0.4, 0.5) is 4.79 Å². The molecule has 0 bridgehead atoms. The van der Waals surface area contributed by atoms with E-state index in [0.717, 1.165) is 4.90 Å². The SMILES string of the molecule is CN(C(=O)[O-])C(C)(C)C. The van der Waals surface area contributed by atoms with E-state index >= 15 is 0 Å². The highest BCUT2D eigenvalue weighted by Gasteiger charge is 2.15. The summed E-state index contributed by atoms with van der Waals surface area (Å²) in [5, 5.41) is 10.2. The lowest BCUT2D eigenvalue weighted by atomic mass is 10.1. The largest absolute Gasteiger partial charge is 0.530 e. The summed E-state index contributed by atoms with van der Waals surface area (Å²) in [6.45, 7) is 5.42. The zero-order valence-electron chi connectivity index (χ0n) is 6.26. The van der Waals surface area contributed by atoms with Crippen LogP contribution in [0.15, 0.2) is 0 Å². The summed E-state index contributed by atoms with van der Waals surface area (Å²) < 4.78 is 0. The van der Waals surface area contributed by atoms with Crippen molar-refractivity contribution >= 4 is 6.09 Å². The van der Waals surface area contributed by atoms with Crippen molar-refractivity contribution in [3.05, 3.63) is 0 Å². The van der Waals surface area contributed by atoms with Gasteiger partial charge in [-0.15, -0.1) is 0 Å². The van der Waals surface area contributed by atoms with Gasteiger partial charge in [0.25, 0.3) is 0 Å². The van der Waals surface area contributed by atoms with Gasteiger partial charge in [0, 0.05) is 12.6 Å². The lowest BCUT2D eigenvalue weighted by Gasteiger charge is -2.33. The number of hydrogen-bond donors (Lipinski definition) is 0. The molecule has 0 aromatic heterocycles. The van der Waals surface area contributed by atoms with E-state index < -0.39 is 6.09 Å². The minimum absolute atomic E-state index is 0.348. The van der Waals surface area contributed by atoms with Crippen molar-refractivity contribution in [1.82, 2.24) is 4.90 Å². The van der Waals surface area contributed by atoms with Gasteiger partial charge in [-0.05, 0) is 20.8 Å². The predicted octanol–water partition coefficient (Wildman–Crippen LogP) is 0.0600. The van der Waals surface area contributed by atoms with Crippen molar-refractivity contribution in [2.75, 3.05) is 7.05 Å². The first-order valence-electron chi connectivity index (χ1n) is 2.80. The topological polar surface area (TPSA) is 43.4 Å². The number of carbonyl (C=O) groups excluding carboxylic acids is 1. The maximum atomic E-state index is 10.2. The van der Waals surface area contributed by atoms with Gasteiger partial charge in [0.15, 0.2) is 0 Å². The van der Waals surface area contributed by atoms with Gasteiger partial charge in [0.2, 0.25) is 0 Å². The summed E-state index contributed by atoms with van der Waals surface area (Å²) in [7, 11) is 1.50. The van der Waals surface area contributed by atoms with E-state index in [4.69, 9.17) is 0 Å². The molecule has 0 N–H and O–H groups in total. The Morgan fingerprint density at radius 3 is 1.78 bits per heavy atom. The van der Waals surface area contributed by atoms with E-state index in [2.05, 4.69) is 0 Å². The highest BCUT2D eigenvalue weighted by Crippen LogP contribution is 2.08. The van der Waals surface area contributed by atoms with Gasteiger partial charge in [0.1, 0.15) is 6.09 Å². The molecule has 0 atom stereocenters. The third-order valence-corrected chi connectivity index (χ3v) is 1.28. The number of amides is 1. The number of carbonyl (C=O) groups is 1. The highest BCUT2D eigenvalue weighted by molar-refractivity contribution is 5.62. The average Bonchev–Trinajstić information content (AvgIpc) is 1.62. The third kappa shape index (κ3) is 2.35. The monoisotopic (exact) mass is 130 g/mol. The molecule has 9 heavy (non-hydrogen) atoms. The van der Waals surface area contributed by atoms with E-state index in [0.29, 0.717) is 0 Å². The third-order valence-electron chi connectivity index (χ3n) is 1.28. The minimum Gasteiger partial charge on any atom is -0.530 e. The second-order valence-corrected chi connectivity index (χ2v) is 3.00. The van der Waals surface area contributed by atoms with E-state index in [1.54, 1.807) is 0 Å². The molecule has 0 unspecified atom stereocenters. The first-order valence-corrected chi connectivity index (χ1v) is 2.80. The molecule has 0 saturated heterocycles. The summed E-state index contributed by atoms with van der Waals surface area (Å²) in [6, 6.07) is 0. The molecule has 0 fully saturated rings. The summed E-state index contributed by atoms with van der Waals surface area (Å²) in [6.07, 6.45) is -1.14. The van der Waals surface area contributed by atoms with E-state index in [1.165, 1.54) is 7.05 Å². The number of carboxylic acid groups (broad SMARTS) is 1. The van der Waals surface area contributed by atoms with Crippen molar-refractivity contribution in [2.24, 2.45) is 0 Å². The van der Waals surface area contributed by atoms with Crippen LogP contribution in [0.2, 0.25) is 0 Å². The highest BCUT2D eigenvalue weighted by atomic mass is 16.4. The molecule has 3 heteroatoms. The van der Waals surface area contributed by atoms with Crippen molar-refractivity contribution in [3.63, 3.8) is 0 Å². The van der Waals surface area contributed by atoms with E-state index in [-0.39, 0.29) is 5.54 Å². The Labute approximate surface area is 55.3 Å². The molecular weight excluding hydrogens is 118 g/mol. The lowest BCUT2D eigenvalue weighted by Crippen LogP contribution is -2.48. The van der Waals surface area contributed by atoms with Gasteiger partial charge in [-0.2, -0.15) is 0 Å². The molecule has 1 amide bonds. The molecule has 0 aromatic carbocycles. The summed E-state index contributed by atoms with van der Waals surface area (Å²) >= 11 is 0. The number of hydrogen-bond acceptors (Lipinski definition) is 2. The molecule has 0 aliphatic carbocycles. The molecule has 0 spiro atoms. The van der Waals surface area contributed by atoms with Gasteiger partial charge < -0.3 is 14.8 Å². The Hall–Kier alpha value is -0.730. The molecule has 0 aliphatic heterocycles. The van der Waals surface area contributed by atoms with Gasteiger partial charge in [0.05, 0.1) is 0 Å². The average molecular weight is 130 g/mol. The maximum Gasteiger partial charge on any atom is 0.137 e. The van der Waals surface area contributed by atoms with Gasteiger partial charge in [-0.1, -0.05) is 0 Å². The normalized spacial score (nSPS) is 11.1. The van der Waals surface area contributed by atoms with Crippen LogP contribution in [0, 0.1) is 0 Å². The zero-order valence-corrected chi connectivity index (χ0v) is 6.26. The van der Waals surface area contributed by atoms with Crippen LogP contribution >= 0.6 is 0 Å². The predicted molar refractivity (Wildman–Crippen MR) is 32.9 cm³/mol. The summed E-state index contributed by atoms with van der Waals surface area (Å²) in [5.41, 5.74) is -0.348. The fourth-order valence-corrected chi connectivity index (χ4v) is 0.274. The van der Waals surface area contributed by atoms with Crippen LogP contribution in [0.1, 0.15) is 20.8 Å². The van der Waals surface area contributed by atoms with E-state index in [9.17, 15) is 9.90 Å². The number of nitrogens with zero attached hydrogens (tertiary/aromatic N) is 1. The molecule has 0 radical (unpaired) electrons. The van der Waals surface area contributed by atoms with E-state index in [1.807, 2.05) is 20.8 Å². The Morgan fingerprint density at radius 1 is 1.44 bits per heavy atom. The van der Waals surface area contributed by atoms with Crippen LogP contribution in [-0.4, -0.2) is 23.6 Å². The van der Waals surface area contributed by atoms with Gasteiger partial charge in [-0.25, -0.2) is 0 Å². The van der Waals surface area contributed by atoms with Crippen molar-refractivity contribution < 1.29 is 9.90 Å². The second-order valence-electron chi connectivity index (χ2n) is 3.00. The van der Waals surface area contributed by atoms with Gasteiger partial charge >= 0.3 is 0 Å². The zero-order chi connectivity index (χ0) is 7.65. The number of rotatable bonds is 0. The van der Waals surface area contributed by atoms with Crippen molar-refractivity contribution in [2.45, 2.75) is 26.3 Å². The van der Waals surface area contributed by atoms with Gasteiger partial charge in [-0.3, -0.25) is 0 Å². The van der Waals surface area contributed by atoms with Crippen LogP contribution in [0.25, 0.3) is 0 Å². The minimum atomic E-state index is -1.14. The first-order chi connectivity index (χ1) is 3.85. The quantitative estimate of drug-likeness (QED) is 0.465.